The second kappa shape index (κ2) is 7.67. The molecule has 0 aromatic carbocycles. The molecule has 1 aliphatic rings. The molecule has 1 saturated heterocycles. The van der Waals surface area contributed by atoms with Crippen LogP contribution in [0.15, 0.2) is 12.7 Å². The van der Waals surface area contributed by atoms with Crippen molar-refractivity contribution < 1.29 is 5.11 Å². The highest BCUT2D eigenvalue weighted by Gasteiger charge is 2.32. The average Bonchev–Trinajstić information content (AvgIpc) is 2.27. The van der Waals surface area contributed by atoms with Gasteiger partial charge in [0.15, 0.2) is 0 Å². The van der Waals surface area contributed by atoms with E-state index in [9.17, 15) is 5.11 Å². The lowest BCUT2D eigenvalue weighted by Gasteiger charge is -2.36. The molecule has 0 aromatic heterocycles. The molecule has 16 heavy (non-hydrogen) atoms. The van der Waals surface area contributed by atoms with Crippen LogP contribution < -0.4 is 0 Å². The third kappa shape index (κ3) is 5.15. The quantitative estimate of drug-likeness (QED) is 0.697. The first-order chi connectivity index (χ1) is 7.68. The molecular weight excluding hydrogens is 236 g/mol. The summed E-state index contributed by atoms with van der Waals surface area (Å²) >= 11 is 4.27. The minimum Gasteiger partial charge on any atom is -0.393 e. The second-order valence-corrected chi connectivity index (χ2v) is 7.74. The molecule has 0 amide bonds. The van der Waals surface area contributed by atoms with E-state index in [4.69, 9.17) is 0 Å². The van der Waals surface area contributed by atoms with E-state index in [-0.39, 0.29) is 6.10 Å². The molecule has 94 valence electrons. The Labute approximate surface area is 108 Å². The molecule has 3 heteroatoms. The standard InChI is InChI=1S/C13H24OS2/c1-3-4-8-13(9-5-7-12(2)14)15-10-6-11-16-13/h3,12,14H,1,4-11H2,2H3. The lowest BCUT2D eigenvalue weighted by atomic mass is 10.1. The van der Waals surface area contributed by atoms with E-state index in [0.29, 0.717) is 4.08 Å². The van der Waals surface area contributed by atoms with Gasteiger partial charge in [0.25, 0.3) is 0 Å². The Morgan fingerprint density at radius 3 is 2.62 bits per heavy atom. The van der Waals surface area contributed by atoms with Crippen molar-refractivity contribution >= 4 is 23.5 Å². The molecule has 1 unspecified atom stereocenters. The van der Waals surface area contributed by atoms with Gasteiger partial charge in [0.1, 0.15) is 0 Å². The van der Waals surface area contributed by atoms with Crippen LogP contribution in [-0.2, 0) is 0 Å². The van der Waals surface area contributed by atoms with Crippen LogP contribution in [0.5, 0.6) is 0 Å². The van der Waals surface area contributed by atoms with Crippen molar-refractivity contribution in [2.45, 2.75) is 55.6 Å². The van der Waals surface area contributed by atoms with E-state index < -0.39 is 0 Å². The minimum absolute atomic E-state index is 0.143. The third-order valence-corrected chi connectivity index (χ3v) is 6.49. The summed E-state index contributed by atoms with van der Waals surface area (Å²) in [5.41, 5.74) is 0. The minimum atomic E-state index is -0.143. The average molecular weight is 260 g/mol. The Bertz CT molecular complexity index is 198. The van der Waals surface area contributed by atoms with Crippen LogP contribution in [0.3, 0.4) is 0 Å². The maximum Gasteiger partial charge on any atom is 0.0614 e. The zero-order chi connectivity index (χ0) is 11.9. The van der Waals surface area contributed by atoms with Crippen molar-refractivity contribution in [2.75, 3.05) is 11.5 Å². The summed E-state index contributed by atoms with van der Waals surface area (Å²) in [7, 11) is 0. The van der Waals surface area contributed by atoms with Gasteiger partial charge in [-0.1, -0.05) is 6.08 Å². The van der Waals surface area contributed by atoms with Gasteiger partial charge in [-0.25, -0.2) is 0 Å². The molecular formula is C13H24OS2. The van der Waals surface area contributed by atoms with Crippen molar-refractivity contribution in [1.82, 2.24) is 0 Å². The molecule has 1 nitrogen and oxygen atoms in total. The number of thioether (sulfide) groups is 2. The van der Waals surface area contributed by atoms with E-state index in [0.717, 1.165) is 19.3 Å². The normalized spacial score (nSPS) is 21.6. The van der Waals surface area contributed by atoms with E-state index in [1.165, 1.54) is 30.8 Å². The fourth-order valence-corrected chi connectivity index (χ4v) is 5.46. The molecule has 0 bridgehead atoms. The van der Waals surface area contributed by atoms with Gasteiger partial charge in [-0.15, -0.1) is 30.1 Å². The molecule has 1 atom stereocenters. The molecule has 1 aliphatic heterocycles. The molecule has 1 fully saturated rings. The van der Waals surface area contributed by atoms with Crippen molar-refractivity contribution in [3.63, 3.8) is 0 Å². The van der Waals surface area contributed by atoms with E-state index >= 15 is 0 Å². The number of allylic oxidation sites excluding steroid dienone is 1. The SMILES string of the molecule is C=CCCC1(CCCC(C)O)SCCCS1. The van der Waals surface area contributed by atoms with Crippen molar-refractivity contribution in [3.8, 4) is 0 Å². The lowest BCUT2D eigenvalue weighted by Crippen LogP contribution is -2.25. The first-order valence-corrected chi connectivity index (χ1v) is 8.22. The largest absolute Gasteiger partial charge is 0.393 e. The summed E-state index contributed by atoms with van der Waals surface area (Å²) in [4.78, 5) is 0. The maximum atomic E-state index is 9.31. The number of aliphatic hydroxyl groups excluding tert-OH is 1. The predicted octanol–water partition coefficient (Wildman–Crippen LogP) is 4.07. The fourth-order valence-electron chi connectivity index (χ4n) is 2.02. The molecule has 0 aliphatic carbocycles. The Balaban J connectivity index is 2.38. The van der Waals surface area contributed by atoms with Gasteiger partial charge in [-0.05, 0) is 57.0 Å². The molecule has 0 aromatic rings. The number of aliphatic hydroxyl groups is 1. The van der Waals surface area contributed by atoms with Crippen molar-refractivity contribution in [2.24, 2.45) is 0 Å². The van der Waals surface area contributed by atoms with Gasteiger partial charge in [0.2, 0.25) is 0 Å². The monoisotopic (exact) mass is 260 g/mol. The summed E-state index contributed by atoms with van der Waals surface area (Å²) in [5, 5.41) is 9.31. The fraction of sp³-hybridized carbons (Fsp3) is 0.846. The number of hydrogen-bond donors (Lipinski definition) is 1. The van der Waals surface area contributed by atoms with Gasteiger partial charge >= 0.3 is 0 Å². The maximum absolute atomic E-state index is 9.31. The molecule has 0 radical (unpaired) electrons. The third-order valence-electron chi connectivity index (χ3n) is 2.93. The Morgan fingerprint density at radius 2 is 2.06 bits per heavy atom. The summed E-state index contributed by atoms with van der Waals surface area (Å²) in [5.74, 6) is 2.61. The molecule has 0 saturated carbocycles. The molecule has 1 rings (SSSR count). The highest BCUT2D eigenvalue weighted by Crippen LogP contribution is 2.48. The van der Waals surface area contributed by atoms with Crippen molar-refractivity contribution in [3.05, 3.63) is 12.7 Å². The van der Waals surface area contributed by atoms with Crippen LogP contribution >= 0.6 is 23.5 Å². The van der Waals surface area contributed by atoms with Gasteiger partial charge in [-0.2, -0.15) is 0 Å². The zero-order valence-electron chi connectivity index (χ0n) is 10.3. The Morgan fingerprint density at radius 1 is 1.38 bits per heavy atom. The van der Waals surface area contributed by atoms with E-state index in [2.05, 4.69) is 30.1 Å². The van der Waals surface area contributed by atoms with Crippen LogP contribution in [0.1, 0.15) is 45.4 Å². The Hall–Kier alpha value is 0.400. The number of rotatable bonds is 7. The zero-order valence-corrected chi connectivity index (χ0v) is 11.9. The first kappa shape index (κ1) is 14.5. The van der Waals surface area contributed by atoms with Crippen LogP contribution in [0.4, 0.5) is 0 Å². The smallest absolute Gasteiger partial charge is 0.0614 e. The van der Waals surface area contributed by atoms with E-state index in [1.807, 2.05) is 13.0 Å². The topological polar surface area (TPSA) is 20.2 Å². The van der Waals surface area contributed by atoms with Gasteiger partial charge < -0.3 is 5.11 Å². The molecule has 0 spiro atoms. The van der Waals surface area contributed by atoms with Crippen LogP contribution in [-0.4, -0.2) is 26.8 Å². The second-order valence-electron chi connectivity index (χ2n) is 4.53. The van der Waals surface area contributed by atoms with Crippen LogP contribution in [0.25, 0.3) is 0 Å². The van der Waals surface area contributed by atoms with Crippen molar-refractivity contribution in [1.29, 1.82) is 0 Å². The predicted molar refractivity (Wildman–Crippen MR) is 77.2 cm³/mol. The number of hydrogen-bond acceptors (Lipinski definition) is 3. The van der Waals surface area contributed by atoms with Gasteiger partial charge in [0, 0.05) is 0 Å². The lowest BCUT2D eigenvalue weighted by molar-refractivity contribution is 0.180. The summed E-state index contributed by atoms with van der Waals surface area (Å²) in [6, 6.07) is 0. The Kier molecular flexibility index (Phi) is 6.94. The van der Waals surface area contributed by atoms with Gasteiger partial charge in [0.05, 0.1) is 10.2 Å². The summed E-state index contributed by atoms with van der Waals surface area (Å²) in [6.45, 7) is 5.71. The summed E-state index contributed by atoms with van der Waals surface area (Å²) < 4.78 is 0.418. The first-order valence-electron chi connectivity index (χ1n) is 6.25. The summed E-state index contributed by atoms with van der Waals surface area (Å²) in [6.07, 6.45) is 8.93. The van der Waals surface area contributed by atoms with Gasteiger partial charge in [-0.3, -0.25) is 0 Å². The molecule has 1 heterocycles. The van der Waals surface area contributed by atoms with E-state index in [1.54, 1.807) is 0 Å². The van der Waals surface area contributed by atoms with Crippen LogP contribution in [0, 0.1) is 0 Å². The molecule has 1 N–H and O–H groups in total. The highest BCUT2D eigenvalue weighted by atomic mass is 32.2. The van der Waals surface area contributed by atoms with Crippen LogP contribution in [0.2, 0.25) is 0 Å². The highest BCUT2D eigenvalue weighted by molar-refractivity contribution is 8.18.